The molecular formula is C11H12N2O6S. The van der Waals surface area contributed by atoms with Crippen molar-refractivity contribution in [2.24, 2.45) is 0 Å². The number of carboxylic acid groups (broad SMARTS) is 1. The van der Waals surface area contributed by atoms with Crippen LogP contribution in [0.2, 0.25) is 0 Å². The lowest BCUT2D eigenvalue weighted by atomic mass is 10.3. The second kappa shape index (κ2) is 4.67. The molecule has 20 heavy (non-hydrogen) atoms. The lowest BCUT2D eigenvalue weighted by molar-refractivity contribution is 0.0661. The number of aromatic carboxylic acids is 1. The van der Waals surface area contributed by atoms with Crippen LogP contribution in [0.1, 0.15) is 27.6 Å². The van der Waals surface area contributed by atoms with Crippen molar-refractivity contribution in [2.75, 3.05) is 4.72 Å². The van der Waals surface area contributed by atoms with E-state index in [0.29, 0.717) is 11.3 Å². The van der Waals surface area contributed by atoms with E-state index < -0.39 is 21.8 Å². The van der Waals surface area contributed by atoms with Crippen LogP contribution in [0.15, 0.2) is 19.9 Å². The fraction of sp³-hybridized carbons (Fsp3) is 0.273. The number of nitrogens with one attached hydrogen (secondary N) is 1. The van der Waals surface area contributed by atoms with Gasteiger partial charge in [0.1, 0.15) is 10.7 Å². The maximum Gasteiger partial charge on any atom is 0.371 e. The van der Waals surface area contributed by atoms with Gasteiger partial charge in [-0.05, 0) is 20.8 Å². The Bertz CT molecular complexity index is 771. The largest absolute Gasteiger partial charge is 0.475 e. The summed E-state index contributed by atoms with van der Waals surface area (Å²) in [6.07, 6.45) is 0. The maximum absolute atomic E-state index is 12.2. The molecule has 0 aromatic carbocycles. The molecule has 0 spiro atoms. The van der Waals surface area contributed by atoms with Crippen molar-refractivity contribution in [3.05, 3.63) is 28.8 Å². The molecule has 0 amide bonds. The van der Waals surface area contributed by atoms with Gasteiger partial charge in [0.05, 0.1) is 5.69 Å². The van der Waals surface area contributed by atoms with Gasteiger partial charge in [-0.1, -0.05) is 5.16 Å². The molecule has 0 saturated carbocycles. The highest BCUT2D eigenvalue weighted by Gasteiger charge is 2.26. The van der Waals surface area contributed by atoms with Crippen LogP contribution in [0, 0.1) is 20.8 Å². The van der Waals surface area contributed by atoms with Crippen molar-refractivity contribution in [2.45, 2.75) is 25.7 Å². The molecule has 2 rings (SSSR count). The van der Waals surface area contributed by atoms with Gasteiger partial charge in [-0.2, -0.15) is 0 Å². The smallest absolute Gasteiger partial charge is 0.371 e. The van der Waals surface area contributed by atoms with Crippen LogP contribution in [0.3, 0.4) is 0 Å². The number of aryl methyl sites for hydroxylation is 2. The molecule has 2 aromatic rings. The summed E-state index contributed by atoms with van der Waals surface area (Å²) in [5, 5.41) is 12.4. The van der Waals surface area contributed by atoms with E-state index in [1.54, 1.807) is 13.8 Å². The van der Waals surface area contributed by atoms with Crippen molar-refractivity contribution >= 4 is 21.9 Å². The van der Waals surface area contributed by atoms with Crippen molar-refractivity contribution in [1.29, 1.82) is 0 Å². The van der Waals surface area contributed by atoms with Crippen LogP contribution in [0.4, 0.5) is 5.88 Å². The minimum Gasteiger partial charge on any atom is -0.475 e. The fourth-order valence-electron chi connectivity index (χ4n) is 1.53. The number of sulfonamides is 1. The van der Waals surface area contributed by atoms with Crippen LogP contribution in [0.25, 0.3) is 0 Å². The van der Waals surface area contributed by atoms with Crippen LogP contribution in [-0.4, -0.2) is 24.7 Å². The summed E-state index contributed by atoms with van der Waals surface area (Å²) in [5.41, 5.74) is 1.10. The average Bonchev–Trinajstić information content (AvgIpc) is 2.87. The Labute approximate surface area is 114 Å². The number of rotatable bonds is 4. The Hall–Kier alpha value is -2.29. The third-order valence-electron chi connectivity index (χ3n) is 2.76. The summed E-state index contributed by atoms with van der Waals surface area (Å²) in [6.45, 7) is 4.68. The number of carbonyl (C=O) groups is 1. The Morgan fingerprint density at radius 2 is 2.00 bits per heavy atom. The van der Waals surface area contributed by atoms with E-state index in [-0.39, 0.29) is 16.5 Å². The predicted octanol–water partition coefficient (Wildman–Crippen LogP) is 1.69. The van der Waals surface area contributed by atoms with E-state index in [0.717, 1.165) is 6.07 Å². The van der Waals surface area contributed by atoms with Crippen LogP contribution in [-0.2, 0) is 10.0 Å². The number of carboxylic acids is 1. The van der Waals surface area contributed by atoms with Gasteiger partial charge in [-0.3, -0.25) is 0 Å². The fourth-order valence-corrected chi connectivity index (χ4v) is 2.75. The first-order valence-corrected chi connectivity index (χ1v) is 7.00. The Balaban J connectivity index is 2.41. The molecule has 0 aliphatic heterocycles. The topological polar surface area (TPSA) is 123 Å². The van der Waals surface area contributed by atoms with Gasteiger partial charge in [0.15, 0.2) is 0 Å². The van der Waals surface area contributed by atoms with E-state index in [1.807, 2.05) is 0 Å². The van der Waals surface area contributed by atoms with Crippen molar-refractivity contribution in [1.82, 2.24) is 5.16 Å². The number of anilines is 1. The summed E-state index contributed by atoms with van der Waals surface area (Å²) >= 11 is 0. The molecule has 2 aromatic heterocycles. The molecular weight excluding hydrogens is 288 g/mol. The third kappa shape index (κ3) is 2.39. The van der Waals surface area contributed by atoms with Gasteiger partial charge in [0.2, 0.25) is 11.6 Å². The van der Waals surface area contributed by atoms with Gasteiger partial charge >= 0.3 is 5.97 Å². The van der Waals surface area contributed by atoms with Gasteiger partial charge in [-0.15, -0.1) is 0 Å². The van der Waals surface area contributed by atoms with Gasteiger partial charge < -0.3 is 14.0 Å². The molecule has 108 valence electrons. The van der Waals surface area contributed by atoms with E-state index in [4.69, 9.17) is 14.0 Å². The molecule has 9 heteroatoms. The Morgan fingerprint density at radius 3 is 2.45 bits per heavy atom. The van der Waals surface area contributed by atoms with Crippen molar-refractivity contribution in [3.8, 4) is 0 Å². The van der Waals surface area contributed by atoms with Crippen LogP contribution in [0.5, 0.6) is 0 Å². The summed E-state index contributed by atoms with van der Waals surface area (Å²) in [7, 11) is -4.01. The number of furan rings is 1. The number of aromatic nitrogens is 1. The van der Waals surface area contributed by atoms with Crippen molar-refractivity contribution < 1.29 is 27.3 Å². The Morgan fingerprint density at radius 1 is 1.35 bits per heavy atom. The lowest BCUT2D eigenvalue weighted by Crippen LogP contribution is -2.13. The predicted molar refractivity (Wildman–Crippen MR) is 67.2 cm³/mol. The molecule has 0 aliphatic rings. The lowest BCUT2D eigenvalue weighted by Gasteiger charge is -2.03. The summed E-state index contributed by atoms with van der Waals surface area (Å²) in [4.78, 5) is 10.5. The van der Waals surface area contributed by atoms with Crippen LogP contribution < -0.4 is 4.72 Å². The highest BCUT2D eigenvalue weighted by molar-refractivity contribution is 7.92. The molecule has 2 N–H and O–H groups in total. The highest BCUT2D eigenvalue weighted by atomic mass is 32.2. The van der Waals surface area contributed by atoms with E-state index >= 15 is 0 Å². The third-order valence-corrected chi connectivity index (χ3v) is 4.20. The first-order valence-electron chi connectivity index (χ1n) is 5.52. The first-order chi connectivity index (χ1) is 9.22. The molecule has 0 fully saturated rings. The number of hydrogen-bond acceptors (Lipinski definition) is 6. The van der Waals surface area contributed by atoms with E-state index in [9.17, 15) is 13.2 Å². The first kappa shape index (κ1) is 14.1. The SMILES string of the molecule is Cc1noc(NS(=O)(=O)c2cc(C(=O)O)oc2C)c1C. The van der Waals surface area contributed by atoms with Gasteiger partial charge in [0, 0.05) is 11.6 Å². The minimum atomic E-state index is -4.01. The monoisotopic (exact) mass is 300 g/mol. The molecule has 0 bridgehead atoms. The molecule has 0 saturated heterocycles. The quantitative estimate of drug-likeness (QED) is 0.880. The standard InChI is InChI=1S/C11H12N2O6S/c1-5-6(2)12-19-10(5)13-20(16,17)9-4-8(11(14)15)18-7(9)3/h4,13H,1-3H3,(H,14,15). The molecule has 0 unspecified atom stereocenters. The van der Waals surface area contributed by atoms with E-state index in [2.05, 4.69) is 9.88 Å². The normalized spacial score (nSPS) is 11.6. The molecule has 2 heterocycles. The Kier molecular flexibility index (Phi) is 3.30. The molecule has 0 atom stereocenters. The molecule has 0 radical (unpaired) electrons. The maximum atomic E-state index is 12.2. The summed E-state index contributed by atoms with van der Waals surface area (Å²) < 4.78 is 36.3. The van der Waals surface area contributed by atoms with Crippen molar-refractivity contribution in [3.63, 3.8) is 0 Å². The van der Waals surface area contributed by atoms with Gasteiger partial charge in [0.25, 0.3) is 10.0 Å². The van der Waals surface area contributed by atoms with Gasteiger partial charge in [-0.25, -0.2) is 17.9 Å². The highest BCUT2D eigenvalue weighted by Crippen LogP contribution is 2.25. The zero-order valence-corrected chi connectivity index (χ0v) is 11.7. The zero-order chi connectivity index (χ0) is 15.1. The number of nitrogens with zero attached hydrogens (tertiary/aromatic N) is 1. The van der Waals surface area contributed by atoms with Crippen LogP contribution >= 0.6 is 0 Å². The zero-order valence-electron chi connectivity index (χ0n) is 10.9. The average molecular weight is 300 g/mol. The molecule has 0 aliphatic carbocycles. The summed E-state index contributed by atoms with van der Waals surface area (Å²) in [6, 6.07) is 0.943. The van der Waals surface area contributed by atoms with E-state index in [1.165, 1.54) is 6.92 Å². The second-order valence-corrected chi connectivity index (χ2v) is 5.81. The number of hydrogen-bond donors (Lipinski definition) is 2. The second-order valence-electron chi connectivity index (χ2n) is 4.16. The molecule has 8 nitrogen and oxygen atoms in total. The summed E-state index contributed by atoms with van der Waals surface area (Å²) in [5.74, 6) is -1.83. The minimum absolute atomic E-state index is 0.0139.